The summed E-state index contributed by atoms with van der Waals surface area (Å²) in [6.45, 7) is 11.2. The molecule has 2 amide bonds. The number of pyridine rings is 1. The average molecular weight is 524 g/mol. The van der Waals surface area contributed by atoms with Crippen LogP contribution in [0.25, 0.3) is 39.0 Å². The van der Waals surface area contributed by atoms with Crippen LogP contribution < -0.4 is 5.73 Å². The number of rotatable bonds is 4. The van der Waals surface area contributed by atoms with Crippen molar-refractivity contribution in [3.8, 4) is 22.3 Å². The Morgan fingerprint density at radius 1 is 0.897 bits per heavy atom. The lowest BCUT2D eigenvalue weighted by molar-refractivity contribution is 0.0141. The fourth-order valence-electron chi connectivity index (χ4n) is 4.67. The van der Waals surface area contributed by atoms with Crippen molar-refractivity contribution in [2.45, 2.75) is 26.4 Å². The van der Waals surface area contributed by atoms with Crippen LogP contribution in [0.3, 0.4) is 0 Å². The molecule has 4 aromatic rings. The summed E-state index contributed by atoms with van der Waals surface area (Å²) in [7, 11) is 0. The van der Waals surface area contributed by atoms with Crippen LogP contribution in [0, 0.1) is 0 Å². The fraction of sp³-hybridized carbons (Fsp3) is 0.258. The van der Waals surface area contributed by atoms with E-state index in [4.69, 9.17) is 10.5 Å². The number of carbonyl (C=O) groups is 2. The van der Waals surface area contributed by atoms with Crippen molar-refractivity contribution in [2.75, 3.05) is 26.2 Å². The highest BCUT2D eigenvalue weighted by molar-refractivity contribution is 5.97. The van der Waals surface area contributed by atoms with Crippen LogP contribution in [0.5, 0.6) is 0 Å². The summed E-state index contributed by atoms with van der Waals surface area (Å²) in [6.07, 6.45) is 3.45. The first-order valence-electron chi connectivity index (χ1n) is 13.0. The molecular weight excluding hydrogens is 490 g/mol. The molecule has 2 aromatic heterocycles. The van der Waals surface area contributed by atoms with E-state index >= 15 is 0 Å². The molecule has 8 nitrogen and oxygen atoms in total. The third kappa shape index (κ3) is 5.65. The minimum absolute atomic E-state index is 0.0458. The predicted molar refractivity (Wildman–Crippen MR) is 154 cm³/mol. The minimum Gasteiger partial charge on any atom is -0.444 e. The lowest BCUT2D eigenvalue weighted by atomic mass is 10.0. The number of H-pyrrole nitrogens is 1. The standard InChI is InChI=1S/C31H33N5O3/c1-20(32)21-5-9-23(10-6-21)27-19-34-28-26(27)17-25(18-33-28)22-7-11-24(12-8-22)29(37)35-13-15-36(16-14-35)30(38)39-31(2,3)4/h5-12,17-19H,1,13-16,32H2,2-4H3,(H,33,34). The number of aromatic nitrogens is 2. The Hall–Kier alpha value is -4.59. The third-order valence-corrected chi connectivity index (χ3v) is 6.78. The molecule has 2 aromatic carbocycles. The van der Waals surface area contributed by atoms with E-state index < -0.39 is 5.60 Å². The van der Waals surface area contributed by atoms with Crippen molar-refractivity contribution >= 4 is 28.7 Å². The van der Waals surface area contributed by atoms with Crippen LogP contribution in [-0.4, -0.2) is 63.5 Å². The summed E-state index contributed by atoms with van der Waals surface area (Å²) >= 11 is 0. The van der Waals surface area contributed by atoms with Crippen LogP contribution in [-0.2, 0) is 4.74 Å². The molecule has 200 valence electrons. The Morgan fingerprint density at radius 3 is 2.10 bits per heavy atom. The summed E-state index contributed by atoms with van der Waals surface area (Å²) < 4.78 is 5.45. The Bertz CT molecular complexity index is 1520. The van der Waals surface area contributed by atoms with Crippen molar-refractivity contribution < 1.29 is 14.3 Å². The van der Waals surface area contributed by atoms with E-state index in [2.05, 4.69) is 22.6 Å². The van der Waals surface area contributed by atoms with Gasteiger partial charge in [0.15, 0.2) is 0 Å². The zero-order chi connectivity index (χ0) is 27.7. The summed E-state index contributed by atoms with van der Waals surface area (Å²) in [5.41, 5.74) is 12.2. The maximum atomic E-state index is 13.1. The molecule has 39 heavy (non-hydrogen) atoms. The number of benzene rings is 2. The van der Waals surface area contributed by atoms with E-state index in [1.54, 1.807) is 9.80 Å². The Labute approximate surface area is 228 Å². The van der Waals surface area contributed by atoms with Crippen molar-refractivity contribution in [2.24, 2.45) is 5.73 Å². The Balaban J connectivity index is 1.29. The zero-order valence-electron chi connectivity index (χ0n) is 22.5. The van der Waals surface area contributed by atoms with Gasteiger partial charge in [-0.1, -0.05) is 43.0 Å². The van der Waals surface area contributed by atoms with Crippen molar-refractivity contribution in [1.29, 1.82) is 0 Å². The third-order valence-electron chi connectivity index (χ3n) is 6.78. The number of ether oxygens (including phenoxy) is 1. The molecule has 0 spiro atoms. The summed E-state index contributed by atoms with van der Waals surface area (Å²) in [5.74, 6) is -0.0458. The van der Waals surface area contributed by atoms with Crippen LogP contribution in [0.1, 0.15) is 36.7 Å². The van der Waals surface area contributed by atoms with Gasteiger partial charge in [-0.05, 0) is 55.7 Å². The number of carbonyl (C=O) groups excluding carboxylic acids is 2. The molecule has 0 aliphatic carbocycles. The van der Waals surface area contributed by atoms with Gasteiger partial charge in [-0.2, -0.15) is 0 Å². The molecule has 0 radical (unpaired) electrons. The summed E-state index contributed by atoms with van der Waals surface area (Å²) in [5, 5.41) is 1.01. The highest BCUT2D eigenvalue weighted by atomic mass is 16.6. The summed E-state index contributed by atoms with van der Waals surface area (Å²) in [4.78, 5) is 36.7. The number of nitrogens with two attached hydrogens (primary N) is 1. The molecule has 0 unspecified atom stereocenters. The second-order valence-corrected chi connectivity index (χ2v) is 10.8. The first kappa shape index (κ1) is 26.0. The van der Waals surface area contributed by atoms with Crippen LogP contribution in [0.4, 0.5) is 4.79 Å². The monoisotopic (exact) mass is 523 g/mol. The second kappa shape index (κ2) is 10.3. The van der Waals surface area contributed by atoms with Gasteiger partial charge in [0.2, 0.25) is 0 Å². The number of hydrogen-bond donors (Lipinski definition) is 2. The molecule has 8 heteroatoms. The van der Waals surface area contributed by atoms with E-state index in [0.717, 1.165) is 38.9 Å². The van der Waals surface area contributed by atoms with Gasteiger partial charge in [-0.3, -0.25) is 4.79 Å². The minimum atomic E-state index is -0.541. The van der Waals surface area contributed by atoms with Gasteiger partial charge in [-0.25, -0.2) is 9.78 Å². The van der Waals surface area contributed by atoms with Gasteiger partial charge < -0.3 is 25.3 Å². The van der Waals surface area contributed by atoms with Gasteiger partial charge in [0.1, 0.15) is 11.2 Å². The molecule has 0 saturated carbocycles. The molecule has 1 fully saturated rings. The molecular formula is C31H33N5O3. The van der Waals surface area contributed by atoms with Gasteiger partial charge in [-0.15, -0.1) is 0 Å². The van der Waals surface area contributed by atoms with Crippen molar-refractivity contribution in [3.05, 3.63) is 84.7 Å². The number of nitrogens with zero attached hydrogens (tertiary/aromatic N) is 3. The highest BCUT2D eigenvalue weighted by Gasteiger charge is 2.28. The Kier molecular flexibility index (Phi) is 6.87. The van der Waals surface area contributed by atoms with Gasteiger partial charge in [0, 0.05) is 66.3 Å². The van der Waals surface area contributed by atoms with Gasteiger partial charge in [0.25, 0.3) is 5.91 Å². The number of fused-ring (bicyclic) bond motifs is 1. The van der Waals surface area contributed by atoms with Gasteiger partial charge in [0.05, 0.1) is 0 Å². The van der Waals surface area contributed by atoms with E-state index in [0.29, 0.717) is 37.4 Å². The first-order chi connectivity index (χ1) is 18.6. The molecule has 0 atom stereocenters. The molecule has 1 aliphatic heterocycles. The number of amides is 2. The second-order valence-electron chi connectivity index (χ2n) is 10.8. The number of hydrogen-bond acceptors (Lipinski definition) is 5. The van der Waals surface area contributed by atoms with Crippen LogP contribution in [0.15, 0.2) is 73.6 Å². The lowest BCUT2D eigenvalue weighted by Crippen LogP contribution is -2.51. The molecule has 0 bridgehead atoms. The summed E-state index contributed by atoms with van der Waals surface area (Å²) in [6, 6.07) is 17.7. The Morgan fingerprint density at radius 2 is 1.49 bits per heavy atom. The zero-order valence-corrected chi connectivity index (χ0v) is 22.5. The number of piperazine rings is 1. The highest BCUT2D eigenvalue weighted by Crippen LogP contribution is 2.31. The van der Waals surface area contributed by atoms with Crippen LogP contribution in [0.2, 0.25) is 0 Å². The topological polar surface area (TPSA) is 105 Å². The maximum Gasteiger partial charge on any atom is 0.410 e. The quantitative estimate of drug-likeness (QED) is 0.367. The SMILES string of the molecule is C=C(N)c1ccc(-c2c[nH]c3ncc(-c4ccc(C(=O)N5CCN(C(=O)OC(C)(C)C)CC5)cc4)cc23)cc1. The maximum absolute atomic E-state index is 13.1. The largest absolute Gasteiger partial charge is 0.444 e. The van der Waals surface area contributed by atoms with Gasteiger partial charge >= 0.3 is 6.09 Å². The predicted octanol–water partition coefficient (Wildman–Crippen LogP) is 5.52. The molecule has 3 N–H and O–H groups in total. The molecule has 1 aliphatic rings. The van der Waals surface area contributed by atoms with Crippen LogP contribution >= 0.6 is 0 Å². The fourth-order valence-corrected chi connectivity index (χ4v) is 4.67. The molecule has 5 rings (SSSR count). The van der Waals surface area contributed by atoms with E-state index in [9.17, 15) is 9.59 Å². The van der Waals surface area contributed by atoms with Crippen molar-refractivity contribution in [1.82, 2.24) is 19.8 Å². The smallest absolute Gasteiger partial charge is 0.410 e. The molecule has 3 heterocycles. The van der Waals surface area contributed by atoms with E-state index in [1.807, 2.05) is 81.7 Å². The molecule has 1 saturated heterocycles. The van der Waals surface area contributed by atoms with Crippen molar-refractivity contribution in [3.63, 3.8) is 0 Å². The number of nitrogens with one attached hydrogen (secondary N) is 1. The first-order valence-corrected chi connectivity index (χ1v) is 13.0. The lowest BCUT2D eigenvalue weighted by Gasteiger charge is -2.35. The van der Waals surface area contributed by atoms with E-state index in [1.165, 1.54) is 0 Å². The normalized spacial score (nSPS) is 13.9. The number of aromatic amines is 1. The van der Waals surface area contributed by atoms with E-state index in [-0.39, 0.29) is 12.0 Å². The average Bonchev–Trinajstić information content (AvgIpc) is 3.35.